The quantitative estimate of drug-likeness (QED) is 0.723. The third kappa shape index (κ3) is 4.52. The summed E-state index contributed by atoms with van der Waals surface area (Å²) >= 11 is 0. The Morgan fingerprint density at radius 3 is 2.72 bits per heavy atom. The largest absolute Gasteiger partial charge is 0.493 e. The first-order valence-electron chi connectivity index (χ1n) is 5.96. The average Bonchev–Trinajstić information content (AvgIpc) is 2.39. The molecule has 1 rings (SSSR count). The maximum absolute atomic E-state index is 9.26. The van der Waals surface area contributed by atoms with E-state index < -0.39 is 6.10 Å². The highest BCUT2D eigenvalue weighted by Gasteiger charge is 2.06. The predicted octanol–water partition coefficient (Wildman–Crippen LogP) is 0.930. The van der Waals surface area contributed by atoms with Crippen LogP contribution in [0.1, 0.15) is 12.5 Å². The molecule has 0 fully saturated rings. The zero-order chi connectivity index (χ0) is 13.4. The highest BCUT2D eigenvalue weighted by Crippen LogP contribution is 2.28. The van der Waals surface area contributed by atoms with Gasteiger partial charge in [0, 0.05) is 6.54 Å². The molecule has 1 aromatic carbocycles. The van der Waals surface area contributed by atoms with E-state index in [1.807, 2.05) is 25.1 Å². The maximum Gasteiger partial charge on any atom is 0.161 e. The summed E-state index contributed by atoms with van der Waals surface area (Å²) < 4.78 is 16.0. The minimum Gasteiger partial charge on any atom is -0.493 e. The molecule has 0 saturated heterocycles. The Labute approximate surface area is 107 Å². The SMILES string of the molecule is CCOc1cc(COCC(O)CN)ccc1OC. The van der Waals surface area contributed by atoms with Crippen molar-refractivity contribution in [1.82, 2.24) is 0 Å². The molecule has 1 unspecified atom stereocenters. The van der Waals surface area contributed by atoms with Crippen molar-refractivity contribution in [3.63, 3.8) is 0 Å². The van der Waals surface area contributed by atoms with Gasteiger partial charge >= 0.3 is 0 Å². The van der Waals surface area contributed by atoms with Crippen LogP contribution in [0, 0.1) is 0 Å². The molecule has 0 radical (unpaired) electrons. The fourth-order valence-corrected chi connectivity index (χ4v) is 1.46. The number of aliphatic hydroxyl groups excluding tert-OH is 1. The second-order valence-electron chi connectivity index (χ2n) is 3.82. The summed E-state index contributed by atoms with van der Waals surface area (Å²) in [5.41, 5.74) is 6.25. The molecule has 0 amide bonds. The van der Waals surface area contributed by atoms with Gasteiger partial charge in [0.25, 0.3) is 0 Å². The molecule has 5 heteroatoms. The lowest BCUT2D eigenvalue weighted by molar-refractivity contribution is 0.0328. The van der Waals surface area contributed by atoms with E-state index in [1.165, 1.54) is 0 Å². The van der Waals surface area contributed by atoms with Gasteiger partial charge in [-0.1, -0.05) is 6.07 Å². The number of methoxy groups -OCH3 is 1. The van der Waals surface area contributed by atoms with Gasteiger partial charge in [-0.25, -0.2) is 0 Å². The first-order chi connectivity index (χ1) is 8.71. The van der Waals surface area contributed by atoms with Crippen molar-refractivity contribution in [1.29, 1.82) is 0 Å². The molecule has 3 N–H and O–H groups in total. The predicted molar refractivity (Wildman–Crippen MR) is 68.9 cm³/mol. The molecular weight excluding hydrogens is 234 g/mol. The number of hydrogen-bond donors (Lipinski definition) is 2. The molecule has 0 aromatic heterocycles. The van der Waals surface area contributed by atoms with Gasteiger partial charge in [-0.3, -0.25) is 0 Å². The first-order valence-corrected chi connectivity index (χ1v) is 5.96. The Morgan fingerprint density at radius 1 is 1.33 bits per heavy atom. The molecule has 0 heterocycles. The molecule has 1 aromatic rings. The van der Waals surface area contributed by atoms with E-state index in [1.54, 1.807) is 7.11 Å². The number of aliphatic hydroxyl groups is 1. The van der Waals surface area contributed by atoms with Crippen LogP contribution in [0.5, 0.6) is 11.5 Å². The molecule has 102 valence electrons. The van der Waals surface area contributed by atoms with E-state index in [0.29, 0.717) is 24.7 Å². The molecule has 1 atom stereocenters. The van der Waals surface area contributed by atoms with Gasteiger partial charge in [-0.15, -0.1) is 0 Å². The Hall–Kier alpha value is -1.30. The summed E-state index contributed by atoms with van der Waals surface area (Å²) in [5, 5.41) is 9.26. The van der Waals surface area contributed by atoms with E-state index in [9.17, 15) is 5.11 Å². The van der Waals surface area contributed by atoms with E-state index in [0.717, 1.165) is 5.56 Å². The molecule has 0 bridgehead atoms. The van der Waals surface area contributed by atoms with Gasteiger partial charge in [-0.05, 0) is 24.6 Å². The smallest absolute Gasteiger partial charge is 0.161 e. The number of hydrogen-bond acceptors (Lipinski definition) is 5. The second kappa shape index (κ2) is 7.92. The van der Waals surface area contributed by atoms with E-state index in [2.05, 4.69) is 0 Å². The second-order valence-corrected chi connectivity index (χ2v) is 3.82. The Bertz CT molecular complexity index is 357. The van der Waals surface area contributed by atoms with Crippen LogP contribution >= 0.6 is 0 Å². The third-order valence-corrected chi connectivity index (χ3v) is 2.38. The lowest BCUT2D eigenvalue weighted by Gasteiger charge is -2.12. The van der Waals surface area contributed by atoms with Crippen molar-refractivity contribution in [2.45, 2.75) is 19.6 Å². The van der Waals surface area contributed by atoms with Crippen LogP contribution in [-0.2, 0) is 11.3 Å². The van der Waals surface area contributed by atoms with Gasteiger partial charge in [-0.2, -0.15) is 0 Å². The van der Waals surface area contributed by atoms with Gasteiger partial charge < -0.3 is 25.1 Å². The molecule has 18 heavy (non-hydrogen) atoms. The monoisotopic (exact) mass is 255 g/mol. The minimum atomic E-state index is -0.616. The third-order valence-electron chi connectivity index (χ3n) is 2.38. The van der Waals surface area contributed by atoms with Crippen LogP contribution in [0.3, 0.4) is 0 Å². The molecular formula is C13H21NO4. The maximum atomic E-state index is 9.26. The molecule has 0 spiro atoms. The van der Waals surface area contributed by atoms with E-state index >= 15 is 0 Å². The molecule has 5 nitrogen and oxygen atoms in total. The van der Waals surface area contributed by atoms with E-state index in [4.69, 9.17) is 19.9 Å². The van der Waals surface area contributed by atoms with Crippen molar-refractivity contribution in [3.8, 4) is 11.5 Å². The Balaban J connectivity index is 2.58. The average molecular weight is 255 g/mol. The Morgan fingerprint density at radius 2 is 2.11 bits per heavy atom. The van der Waals surface area contributed by atoms with Crippen LogP contribution in [0.2, 0.25) is 0 Å². The van der Waals surface area contributed by atoms with Crippen molar-refractivity contribution in [2.75, 3.05) is 26.9 Å². The zero-order valence-electron chi connectivity index (χ0n) is 10.9. The standard InChI is InChI=1S/C13H21NO4/c1-3-18-13-6-10(4-5-12(13)16-2)8-17-9-11(15)7-14/h4-6,11,15H,3,7-9,14H2,1-2H3. The number of rotatable bonds is 8. The molecule has 0 saturated carbocycles. The fourth-order valence-electron chi connectivity index (χ4n) is 1.46. The minimum absolute atomic E-state index is 0.201. The number of benzene rings is 1. The van der Waals surface area contributed by atoms with Gasteiger partial charge in [0.05, 0.1) is 33.0 Å². The zero-order valence-corrected chi connectivity index (χ0v) is 10.9. The van der Waals surface area contributed by atoms with Crippen LogP contribution in [0.4, 0.5) is 0 Å². The lowest BCUT2D eigenvalue weighted by atomic mass is 10.2. The summed E-state index contributed by atoms with van der Waals surface area (Å²) in [4.78, 5) is 0. The summed E-state index contributed by atoms with van der Waals surface area (Å²) in [6, 6.07) is 5.61. The Kier molecular flexibility index (Phi) is 6.49. The van der Waals surface area contributed by atoms with Crippen molar-refractivity contribution < 1.29 is 19.3 Å². The molecule has 0 aliphatic carbocycles. The van der Waals surface area contributed by atoms with Crippen molar-refractivity contribution >= 4 is 0 Å². The van der Waals surface area contributed by atoms with Crippen LogP contribution < -0.4 is 15.2 Å². The topological polar surface area (TPSA) is 73.9 Å². The van der Waals surface area contributed by atoms with E-state index in [-0.39, 0.29) is 13.2 Å². The highest BCUT2D eigenvalue weighted by atomic mass is 16.5. The first kappa shape index (κ1) is 14.8. The summed E-state index contributed by atoms with van der Waals surface area (Å²) in [7, 11) is 1.60. The summed E-state index contributed by atoms with van der Waals surface area (Å²) in [6.45, 7) is 3.33. The summed E-state index contributed by atoms with van der Waals surface area (Å²) in [6.07, 6.45) is -0.616. The van der Waals surface area contributed by atoms with Crippen LogP contribution in [0.15, 0.2) is 18.2 Å². The normalized spacial score (nSPS) is 12.2. The number of ether oxygens (including phenoxy) is 3. The van der Waals surface area contributed by atoms with Gasteiger partial charge in [0.15, 0.2) is 11.5 Å². The molecule has 0 aliphatic heterocycles. The highest BCUT2D eigenvalue weighted by molar-refractivity contribution is 5.42. The summed E-state index contributed by atoms with van der Waals surface area (Å²) in [5.74, 6) is 1.39. The van der Waals surface area contributed by atoms with Crippen molar-refractivity contribution in [3.05, 3.63) is 23.8 Å². The fraction of sp³-hybridized carbons (Fsp3) is 0.538. The van der Waals surface area contributed by atoms with Gasteiger partial charge in [0.2, 0.25) is 0 Å². The van der Waals surface area contributed by atoms with Gasteiger partial charge in [0.1, 0.15) is 0 Å². The molecule has 0 aliphatic rings. The van der Waals surface area contributed by atoms with Crippen LogP contribution in [-0.4, -0.2) is 38.1 Å². The number of nitrogens with two attached hydrogens (primary N) is 1. The van der Waals surface area contributed by atoms with Crippen LogP contribution in [0.25, 0.3) is 0 Å². The lowest BCUT2D eigenvalue weighted by Crippen LogP contribution is -2.24. The van der Waals surface area contributed by atoms with Crippen molar-refractivity contribution in [2.24, 2.45) is 5.73 Å².